The van der Waals surface area contributed by atoms with E-state index in [2.05, 4.69) is 20.1 Å². The molecule has 2 aromatic carbocycles. The van der Waals surface area contributed by atoms with E-state index in [1.165, 1.54) is 15.4 Å². The van der Waals surface area contributed by atoms with Crippen molar-refractivity contribution in [2.45, 2.75) is 44.2 Å². The maximum atomic E-state index is 14.2. The Morgan fingerprint density at radius 1 is 0.830 bits per heavy atom. The summed E-state index contributed by atoms with van der Waals surface area (Å²) in [5.41, 5.74) is 4.38. The third kappa shape index (κ3) is 6.85. The summed E-state index contributed by atoms with van der Waals surface area (Å²) >= 11 is 0. The Labute approximate surface area is 306 Å². The van der Waals surface area contributed by atoms with E-state index < -0.39 is 5.60 Å². The fraction of sp³-hybridized carbons (Fsp3) is 0.293. The standard InChI is InChI=1S/C41H40N8O4/c1-28-12-13-31(23-43-28)32-20-33(22-42-21-32)38(50)47-17-14-34(35(25-47)29-8-4-2-5-9-29)39(51)46-18-15-41(53,16-19-46)26-48-27-45-49-36(24-44-37(49)40(48)52)30-10-6-3-7-11-30/h2-13,20-24,27,34-35,53H,14-19,25-26H2,1H3. The van der Waals surface area contributed by atoms with E-state index in [0.717, 1.165) is 27.9 Å². The fourth-order valence-corrected chi connectivity index (χ4v) is 7.68. The predicted octanol–water partition coefficient (Wildman–Crippen LogP) is 4.62. The SMILES string of the molecule is Cc1ccc(-c2cncc(C(=O)N3CCC(C(=O)N4CCC(O)(Cn5cnn6c(-c7ccccc7)cnc6c5=O)CC4)C(c4ccccc4)C3)c2)cn1. The number of benzene rings is 2. The van der Waals surface area contributed by atoms with Crippen LogP contribution in [0.1, 0.15) is 46.8 Å². The van der Waals surface area contributed by atoms with Gasteiger partial charge >= 0.3 is 0 Å². The Balaban J connectivity index is 0.952. The molecule has 12 heteroatoms. The van der Waals surface area contributed by atoms with Crippen LogP contribution in [0.2, 0.25) is 0 Å². The van der Waals surface area contributed by atoms with Gasteiger partial charge in [-0.2, -0.15) is 5.10 Å². The first-order chi connectivity index (χ1) is 25.8. The normalized spacial score (nSPS) is 18.6. The second-order valence-electron chi connectivity index (χ2n) is 14.2. The van der Waals surface area contributed by atoms with Gasteiger partial charge in [0.05, 0.1) is 29.6 Å². The van der Waals surface area contributed by atoms with Crippen LogP contribution in [-0.2, 0) is 11.3 Å². The van der Waals surface area contributed by atoms with Gasteiger partial charge in [-0.25, -0.2) is 9.50 Å². The fourth-order valence-electron chi connectivity index (χ4n) is 7.68. The molecule has 0 radical (unpaired) electrons. The third-order valence-electron chi connectivity index (χ3n) is 10.7. The number of likely N-dealkylation sites (tertiary alicyclic amines) is 2. The molecule has 6 heterocycles. The number of aliphatic hydroxyl groups is 1. The minimum atomic E-state index is -1.19. The van der Waals surface area contributed by atoms with Crippen molar-refractivity contribution in [1.82, 2.24) is 38.9 Å². The van der Waals surface area contributed by atoms with Gasteiger partial charge in [0.2, 0.25) is 11.6 Å². The number of carbonyl (C=O) groups excluding carboxylic acids is 2. The van der Waals surface area contributed by atoms with Gasteiger partial charge in [0.25, 0.3) is 11.5 Å². The molecule has 0 bridgehead atoms. The first-order valence-electron chi connectivity index (χ1n) is 18.0. The molecule has 6 aromatic rings. The summed E-state index contributed by atoms with van der Waals surface area (Å²) in [7, 11) is 0. The van der Waals surface area contributed by atoms with Crippen molar-refractivity contribution in [2.75, 3.05) is 26.2 Å². The second kappa shape index (κ2) is 14.2. The molecule has 2 amide bonds. The lowest BCUT2D eigenvalue weighted by Crippen LogP contribution is -2.53. The number of imidazole rings is 1. The second-order valence-corrected chi connectivity index (χ2v) is 14.2. The zero-order valence-corrected chi connectivity index (χ0v) is 29.5. The number of hydrogen-bond donors (Lipinski definition) is 1. The van der Waals surface area contributed by atoms with Crippen LogP contribution in [-0.4, -0.2) is 87.6 Å². The topological polar surface area (TPSA) is 139 Å². The lowest BCUT2D eigenvalue weighted by Gasteiger charge is -2.43. The van der Waals surface area contributed by atoms with Crippen LogP contribution in [0, 0.1) is 12.8 Å². The number of aromatic nitrogens is 6. The van der Waals surface area contributed by atoms with Crippen molar-refractivity contribution in [1.29, 1.82) is 0 Å². The number of pyridine rings is 2. The number of piperidine rings is 2. The van der Waals surface area contributed by atoms with Crippen LogP contribution in [0.3, 0.4) is 0 Å². The smallest absolute Gasteiger partial charge is 0.296 e. The number of hydrogen-bond acceptors (Lipinski definition) is 8. The highest BCUT2D eigenvalue weighted by molar-refractivity contribution is 5.95. The molecule has 0 aliphatic carbocycles. The number of fused-ring (bicyclic) bond motifs is 1. The molecule has 1 N–H and O–H groups in total. The van der Waals surface area contributed by atoms with Crippen molar-refractivity contribution < 1.29 is 14.7 Å². The largest absolute Gasteiger partial charge is 0.388 e. The molecule has 0 saturated carbocycles. The molecule has 2 aliphatic rings. The Morgan fingerprint density at radius 2 is 1.58 bits per heavy atom. The molecule has 0 spiro atoms. The van der Waals surface area contributed by atoms with Gasteiger partial charge in [0, 0.05) is 79.0 Å². The molecule has 2 atom stereocenters. The van der Waals surface area contributed by atoms with Crippen molar-refractivity contribution in [3.05, 3.63) is 137 Å². The molecule has 4 aromatic heterocycles. The van der Waals surface area contributed by atoms with Gasteiger partial charge in [-0.1, -0.05) is 66.7 Å². The maximum Gasteiger partial charge on any atom is 0.296 e. The third-order valence-corrected chi connectivity index (χ3v) is 10.7. The lowest BCUT2D eigenvalue weighted by molar-refractivity contribution is -0.142. The van der Waals surface area contributed by atoms with Crippen molar-refractivity contribution in [3.63, 3.8) is 0 Å². The minimum Gasteiger partial charge on any atom is -0.388 e. The van der Waals surface area contributed by atoms with E-state index >= 15 is 0 Å². The highest BCUT2D eigenvalue weighted by Gasteiger charge is 2.42. The van der Waals surface area contributed by atoms with E-state index in [0.29, 0.717) is 56.7 Å². The summed E-state index contributed by atoms with van der Waals surface area (Å²) in [6.07, 6.45) is 9.32. The highest BCUT2D eigenvalue weighted by Crippen LogP contribution is 2.36. The van der Waals surface area contributed by atoms with Crippen LogP contribution in [0.15, 0.2) is 115 Å². The van der Waals surface area contributed by atoms with Gasteiger partial charge in [-0.05, 0) is 43.9 Å². The van der Waals surface area contributed by atoms with Crippen LogP contribution in [0.25, 0.3) is 28.0 Å². The molecule has 53 heavy (non-hydrogen) atoms. The van der Waals surface area contributed by atoms with Crippen LogP contribution in [0.4, 0.5) is 0 Å². The zero-order valence-electron chi connectivity index (χ0n) is 29.5. The summed E-state index contributed by atoms with van der Waals surface area (Å²) in [6.45, 7) is 3.52. The number of amides is 2. The van der Waals surface area contributed by atoms with Gasteiger partial charge in [0.1, 0.15) is 6.33 Å². The summed E-state index contributed by atoms with van der Waals surface area (Å²) in [4.78, 5) is 58.3. The van der Waals surface area contributed by atoms with Gasteiger partial charge in [0.15, 0.2) is 0 Å². The molecule has 268 valence electrons. The van der Waals surface area contributed by atoms with Crippen molar-refractivity contribution in [2.24, 2.45) is 5.92 Å². The number of carbonyl (C=O) groups is 2. The Morgan fingerprint density at radius 3 is 2.32 bits per heavy atom. The van der Waals surface area contributed by atoms with Gasteiger partial charge in [-0.3, -0.25) is 28.9 Å². The molecule has 8 rings (SSSR count). The van der Waals surface area contributed by atoms with Crippen LogP contribution in [0.5, 0.6) is 0 Å². The van der Waals surface area contributed by atoms with E-state index in [4.69, 9.17) is 0 Å². The monoisotopic (exact) mass is 708 g/mol. The van der Waals surface area contributed by atoms with Crippen molar-refractivity contribution in [3.8, 4) is 22.4 Å². The zero-order chi connectivity index (χ0) is 36.5. The molecule has 2 unspecified atom stereocenters. The number of rotatable bonds is 7. The average molecular weight is 709 g/mol. The number of aryl methyl sites for hydroxylation is 1. The number of nitrogens with zero attached hydrogens (tertiary/aromatic N) is 8. The first-order valence-corrected chi connectivity index (χ1v) is 18.0. The van der Waals surface area contributed by atoms with E-state index in [1.807, 2.05) is 95.6 Å². The van der Waals surface area contributed by atoms with Crippen LogP contribution < -0.4 is 5.56 Å². The summed E-state index contributed by atoms with van der Waals surface area (Å²) < 4.78 is 2.94. The predicted molar refractivity (Wildman–Crippen MR) is 199 cm³/mol. The Kier molecular flexibility index (Phi) is 9.13. The summed E-state index contributed by atoms with van der Waals surface area (Å²) in [5, 5.41) is 16.1. The van der Waals surface area contributed by atoms with E-state index in [-0.39, 0.29) is 41.4 Å². The molecular formula is C41H40N8O4. The van der Waals surface area contributed by atoms with E-state index in [9.17, 15) is 19.5 Å². The average Bonchev–Trinajstić information content (AvgIpc) is 3.64. The molecular weight excluding hydrogens is 669 g/mol. The Hall–Kier alpha value is -6.01. The summed E-state index contributed by atoms with van der Waals surface area (Å²) in [6, 6.07) is 25.3. The quantitative estimate of drug-likeness (QED) is 0.254. The molecule has 2 fully saturated rings. The first kappa shape index (κ1) is 34.1. The molecule has 12 nitrogen and oxygen atoms in total. The van der Waals surface area contributed by atoms with Gasteiger partial charge < -0.3 is 14.9 Å². The van der Waals surface area contributed by atoms with Crippen LogP contribution >= 0.6 is 0 Å². The van der Waals surface area contributed by atoms with Gasteiger partial charge in [-0.15, -0.1) is 0 Å². The summed E-state index contributed by atoms with van der Waals surface area (Å²) in [5.74, 6) is -0.631. The Bertz CT molecular complexity index is 2320. The minimum absolute atomic E-state index is 0.0228. The van der Waals surface area contributed by atoms with Crippen molar-refractivity contribution >= 4 is 17.5 Å². The molecule has 2 aliphatic heterocycles. The highest BCUT2D eigenvalue weighted by atomic mass is 16.3. The molecule has 2 saturated heterocycles. The lowest BCUT2D eigenvalue weighted by atomic mass is 9.79. The maximum absolute atomic E-state index is 14.2. The van der Waals surface area contributed by atoms with E-state index in [1.54, 1.807) is 24.8 Å².